The van der Waals surface area contributed by atoms with Crippen LogP contribution >= 0.6 is 15.9 Å². The second kappa shape index (κ2) is 5.00. The highest BCUT2D eigenvalue weighted by atomic mass is 79.9. The fourth-order valence-corrected chi connectivity index (χ4v) is 2.51. The molecule has 0 fully saturated rings. The molecule has 0 spiro atoms. The zero-order valence-electron chi connectivity index (χ0n) is 11.9. The first-order valence-electron chi connectivity index (χ1n) is 6.45. The highest BCUT2D eigenvalue weighted by molar-refractivity contribution is 9.10. The number of anilines is 1. The van der Waals surface area contributed by atoms with Crippen LogP contribution in [0.3, 0.4) is 0 Å². The van der Waals surface area contributed by atoms with Crippen molar-refractivity contribution in [1.29, 1.82) is 0 Å². The standard InChI is InChI=1S/C15H20BrN3/c1-5-15(2,3)13-12(14(17)19(4)18-13)10-7-6-8-11(16)9-10/h6-9H,5,17H2,1-4H3. The van der Waals surface area contributed by atoms with Crippen molar-refractivity contribution in [3.05, 3.63) is 34.4 Å². The smallest absolute Gasteiger partial charge is 0.129 e. The summed E-state index contributed by atoms with van der Waals surface area (Å²) in [4.78, 5) is 0. The second-order valence-electron chi connectivity index (χ2n) is 5.48. The van der Waals surface area contributed by atoms with E-state index in [2.05, 4.69) is 53.9 Å². The molecule has 4 heteroatoms. The van der Waals surface area contributed by atoms with Crippen molar-refractivity contribution >= 4 is 21.7 Å². The van der Waals surface area contributed by atoms with Crippen LogP contribution in [-0.4, -0.2) is 9.78 Å². The fourth-order valence-electron chi connectivity index (χ4n) is 2.11. The van der Waals surface area contributed by atoms with Gasteiger partial charge in [-0.3, -0.25) is 4.68 Å². The monoisotopic (exact) mass is 321 g/mol. The average Bonchev–Trinajstić information content (AvgIpc) is 2.67. The highest BCUT2D eigenvalue weighted by Crippen LogP contribution is 2.38. The zero-order valence-corrected chi connectivity index (χ0v) is 13.5. The molecule has 19 heavy (non-hydrogen) atoms. The molecule has 0 aliphatic rings. The molecule has 1 aromatic carbocycles. The van der Waals surface area contributed by atoms with Crippen molar-refractivity contribution < 1.29 is 0 Å². The molecule has 0 saturated carbocycles. The van der Waals surface area contributed by atoms with Gasteiger partial charge in [0.2, 0.25) is 0 Å². The van der Waals surface area contributed by atoms with Crippen LogP contribution in [0, 0.1) is 0 Å². The number of aryl methyl sites for hydroxylation is 1. The summed E-state index contributed by atoms with van der Waals surface area (Å²) in [7, 11) is 1.89. The summed E-state index contributed by atoms with van der Waals surface area (Å²) in [5.74, 6) is 0.717. The van der Waals surface area contributed by atoms with Crippen molar-refractivity contribution in [1.82, 2.24) is 9.78 Å². The lowest BCUT2D eigenvalue weighted by Crippen LogP contribution is -2.17. The summed E-state index contributed by atoms with van der Waals surface area (Å²) in [6.07, 6.45) is 1.02. The third-order valence-electron chi connectivity index (χ3n) is 3.73. The van der Waals surface area contributed by atoms with E-state index in [9.17, 15) is 0 Å². The van der Waals surface area contributed by atoms with Gasteiger partial charge in [0.15, 0.2) is 0 Å². The van der Waals surface area contributed by atoms with E-state index >= 15 is 0 Å². The van der Waals surface area contributed by atoms with Gasteiger partial charge in [-0.05, 0) is 24.1 Å². The van der Waals surface area contributed by atoms with Gasteiger partial charge in [-0.2, -0.15) is 5.10 Å². The van der Waals surface area contributed by atoms with Gasteiger partial charge in [0.05, 0.1) is 5.69 Å². The number of aromatic nitrogens is 2. The average molecular weight is 322 g/mol. The number of hydrogen-bond acceptors (Lipinski definition) is 2. The van der Waals surface area contributed by atoms with Gasteiger partial charge in [-0.15, -0.1) is 0 Å². The maximum atomic E-state index is 6.22. The first-order valence-corrected chi connectivity index (χ1v) is 7.25. The molecule has 2 rings (SSSR count). The summed E-state index contributed by atoms with van der Waals surface area (Å²) in [5.41, 5.74) is 9.45. The van der Waals surface area contributed by atoms with Crippen LogP contribution in [0.5, 0.6) is 0 Å². The molecule has 0 aliphatic heterocycles. The molecule has 0 unspecified atom stereocenters. The molecular formula is C15H20BrN3. The van der Waals surface area contributed by atoms with Gasteiger partial charge in [-0.1, -0.05) is 48.8 Å². The Morgan fingerprint density at radius 2 is 2.05 bits per heavy atom. The molecule has 0 radical (unpaired) electrons. The Morgan fingerprint density at radius 1 is 1.37 bits per heavy atom. The molecule has 0 atom stereocenters. The SMILES string of the molecule is CCC(C)(C)c1nn(C)c(N)c1-c1cccc(Br)c1. The number of halogens is 1. The normalized spacial score (nSPS) is 11.8. The largest absolute Gasteiger partial charge is 0.383 e. The molecule has 0 bridgehead atoms. The minimum Gasteiger partial charge on any atom is -0.383 e. The zero-order chi connectivity index (χ0) is 14.2. The molecule has 0 saturated heterocycles. The number of benzene rings is 1. The molecule has 1 aromatic heterocycles. The van der Waals surface area contributed by atoms with Gasteiger partial charge in [0.1, 0.15) is 5.82 Å². The van der Waals surface area contributed by atoms with Crippen LogP contribution in [0.2, 0.25) is 0 Å². The molecule has 3 nitrogen and oxygen atoms in total. The highest BCUT2D eigenvalue weighted by Gasteiger charge is 2.28. The van der Waals surface area contributed by atoms with Crippen LogP contribution < -0.4 is 5.73 Å². The van der Waals surface area contributed by atoms with E-state index in [0.717, 1.165) is 33.5 Å². The Kier molecular flexibility index (Phi) is 3.72. The number of nitrogens with zero attached hydrogens (tertiary/aromatic N) is 2. The summed E-state index contributed by atoms with van der Waals surface area (Å²) in [5, 5.41) is 4.64. The minimum atomic E-state index is 0.00698. The topological polar surface area (TPSA) is 43.8 Å². The molecule has 0 aliphatic carbocycles. The van der Waals surface area contributed by atoms with Gasteiger partial charge < -0.3 is 5.73 Å². The molecule has 102 valence electrons. The van der Waals surface area contributed by atoms with Crippen molar-refractivity contribution in [3.8, 4) is 11.1 Å². The van der Waals surface area contributed by atoms with Crippen molar-refractivity contribution in [2.24, 2.45) is 7.05 Å². The van der Waals surface area contributed by atoms with Crippen molar-refractivity contribution in [2.75, 3.05) is 5.73 Å². The first kappa shape index (κ1) is 14.1. The van der Waals surface area contributed by atoms with Crippen molar-refractivity contribution in [2.45, 2.75) is 32.6 Å². The third kappa shape index (κ3) is 2.54. The Balaban J connectivity index is 2.69. The lowest BCUT2D eigenvalue weighted by molar-refractivity contribution is 0.483. The maximum absolute atomic E-state index is 6.22. The predicted molar refractivity (Wildman–Crippen MR) is 84.1 cm³/mol. The van der Waals surface area contributed by atoms with E-state index in [1.54, 1.807) is 4.68 Å². The summed E-state index contributed by atoms with van der Waals surface area (Å²) >= 11 is 3.51. The van der Waals surface area contributed by atoms with Gasteiger partial charge in [-0.25, -0.2) is 0 Å². The molecule has 2 N–H and O–H groups in total. The molecule has 1 heterocycles. The van der Waals surface area contributed by atoms with Crippen LogP contribution in [0.25, 0.3) is 11.1 Å². The summed E-state index contributed by atoms with van der Waals surface area (Å²) in [6.45, 7) is 6.59. The number of rotatable bonds is 3. The molecule has 0 amide bonds. The lowest BCUT2D eigenvalue weighted by Gasteiger charge is -2.22. The van der Waals surface area contributed by atoms with Crippen molar-refractivity contribution in [3.63, 3.8) is 0 Å². The fraction of sp³-hybridized carbons (Fsp3) is 0.400. The number of nitrogens with two attached hydrogens (primary N) is 1. The summed E-state index contributed by atoms with van der Waals surface area (Å²) < 4.78 is 2.82. The van der Waals surface area contributed by atoms with Crippen LogP contribution in [-0.2, 0) is 12.5 Å². The van der Waals surface area contributed by atoms with E-state index in [1.165, 1.54) is 0 Å². The first-order chi connectivity index (χ1) is 8.86. The minimum absolute atomic E-state index is 0.00698. The van der Waals surface area contributed by atoms with E-state index in [1.807, 2.05) is 19.2 Å². The van der Waals surface area contributed by atoms with Crippen LogP contribution in [0.1, 0.15) is 32.9 Å². The van der Waals surface area contributed by atoms with Crippen LogP contribution in [0.4, 0.5) is 5.82 Å². The van der Waals surface area contributed by atoms with E-state index in [0.29, 0.717) is 0 Å². The second-order valence-corrected chi connectivity index (χ2v) is 6.40. The van der Waals surface area contributed by atoms with E-state index in [-0.39, 0.29) is 5.41 Å². The third-order valence-corrected chi connectivity index (χ3v) is 4.22. The van der Waals surface area contributed by atoms with E-state index < -0.39 is 0 Å². The van der Waals surface area contributed by atoms with Crippen LogP contribution in [0.15, 0.2) is 28.7 Å². The van der Waals surface area contributed by atoms with E-state index in [4.69, 9.17) is 5.73 Å². The van der Waals surface area contributed by atoms with Gasteiger partial charge >= 0.3 is 0 Å². The summed E-state index contributed by atoms with van der Waals surface area (Å²) in [6, 6.07) is 8.20. The Hall–Kier alpha value is -1.29. The van der Waals surface area contributed by atoms with Gasteiger partial charge in [0.25, 0.3) is 0 Å². The quantitative estimate of drug-likeness (QED) is 0.924. The molecular weight excluding hydrogens is 302 g/mol. The molecule has 2 aromatic rings. The predicted octanol–water partition coefficient (Wildman–Crippen LogP) is 4.12. The lowest BCUT2D eigenvalue weighted by atomic mass is 9.83. The Labute approximate surface area is 122 Å². The van der Waals surface area contributed by atoms with Gasteiger partial charge in [0, 0.05) is 22.5 Å². The number of nitrogen functional groups attached to an aromatic ring is 1. The number of hydrogen-bond donors (Lipinski definition) is 1. The Bertz CT molecular complexity index is 599. The maximum Gasteiger partial charge on any atom is 0.129 e. The Morgan fingerprint density at radius 3 is 2.63 bits per heavy atom.